The molecule has 2 aromatic rings. The molecule has 3 rings (SSSR count). The molecule has 1 saturated carbocycles. The van der Waals surface area contributed by atoms with E-state index in [1.165, 1.54) is 32.1 Å². The third kappa shape index (κ3) is 4.16. The van der Waals surface area contributed by atoms with E-state index < -0.39 is 16.0 Å². The predicted molar refractivity (Wildman–Crippen MR) is 97.9 cm³/mol. The van der Waals surface area contributed by atoms with Crippen LogP contribution in [-0.2, 0) is 14.8 Å². The number of hydrogen-bond acceptors (Lipinski definition) is 5. The van der Waals surface area contributed by atoms with Crippen molar-refractivity contribution < 1.29 is 22.7 Å². The lowest BCUT2D eigenvalue weighted by atomic mass is 10.2. The van der Waals surface area contributed by atoms with Gasteiger partial charge in [-0.3, -0.25) is 4.72 Å². The number of carbonyl (C=O) groups is 1. The van der Waals surface area contributed by atoms with Gasteiger partial charge in [0.1, 0.15) is 10.6 Å². The molecular formula is C19H21NO5S. The number of esters is 1. The van der Waals surface area contributed by atoms with E-state index in [1.54, 1.807) is 36.4 Å². The standard InChI is InChI=1S/C19H21NO5S/c1-24-19(21)17-8-4-5-9-18(17)26(22,23)20-14-10-12-16(13-11-14)25-15-6-2-3-7-15/h4-5,8-13,15,20H,2-3,6-7H2,1H3. The van der Waals surface area contributed by atoms with Crippen molar-refractivity contribution in [1.29, 1.82) is 0 Å². The number of benzene rings is 2. The van der Waals surface area contributed by atoms with E-state index in [0.29, 0.717) is 5.69 Å². The Morgan fingerprint density at radius 2 is 1.69 bits per heavy atom. The zero-order valence-electron chi connectivity index (χ0n) is 14.5. The lowest BCUT2D eigenvalue weighted by molar-refractivity contribution is 0.0596. The molecule has 0 spiro atoms. The third-order valence-electron chi connectivity index (χ3n) is 4.29. The number of ether oxygens (including phenoxy) is 2. The Morgan fingerprint density at radius 3 is 2.35 bits per heavy atom. The Morgan fingerprint density at radius 1 is 1.04 bits per heavy atom. The molecule has 0 heterocycles. The van der Waals surface area contributed by atoms with Gasteiger partial charge in [0.05, 0.1) is 18.8 Å². The summed E-state index contributed by atoms with van der Waals surface area (Å²) in [6.45, 7) is 0. The van der Waals surface area contributed by atoms with Crippen LogP contribution in [0.1, 0.15) is 36.0 Å². The van der Waals surface area contributed by atoms with E-state index in [9.17, 15) is 13.2 Å². The molecule has 0 aromatic heterocycles. The highest BCUT2D eigenvalue weighted by Crippen LogP contribution is 2.26. The van der Waals surface area contributed by atoms with Gasteiger partial charge in [-0.2, -0.15) is 0 Å². The van der Waals surface area contributed by atoms with Crippen molar-refractivity contribution in [3.63, 3.8) is 0 Å². The number of methoxy groups -OCH3 is 1. The van der Waals surface area contributed by atoms with Crippen molar-refractivity contribution in [2.24, 2.45) is 0 Å². The summed E-state index contributed by atoms with van der Waals surface area (Å²) in [5.74, 6) is 0.0149. The van der Waals surface area contributed by atoms with Crippen molar-refractivity contribution in [2.75, 3.05) is 11.8 Å². The molecule has 0 atom stereocenters. The molecule has 0 bridgehead atoms. The molecule has 0 aliphatic heterocycles. The fourth-order valence-electron chi connectivity index (χ4n) is 2.99. The molecule has 1 aliphatic carbocycles. The van der Waals surface area contributed by atoms with Crippen molar-refractivity contribution in [3.05, 3.63) is 54.1 Å². The van der Waals surface area contributed by atoms with Crippen LogP contribution in [-0.4, -0.2) is 27.6 Å². The van der Waals surface area contributed by atoms with Crippen LogP contribution in [0.4, 0.5) is 5.69 Å². The number of rotatable bonds is 6. The van der Waals surface area contributed by atoms with Gasteiger partial charge in [0, 0.05) is 5.69 Å². The lowest BCUT2D eigenvalue weighted by Gasteiger charge is -2.14. The fourth-order valence-corrected chi connectivity index (χ4v) is 4.24. The molecule has 2 aromatic carbocycles. The first-order valence-electron chi connectivity index (χ1n) is 8.46. The second kappa shape index (κ2) is 7.78. The van der Waals surface area contributed by atoms with Crippen LogP contribution >= 0.6 is 0 Å². The van der Waals surface area contributed by atoms with E-state index in [0.717, 1.165) is 18.6 Å². The maximum absolute atomic E-state index is 12.7. The summed E-state index contributed by atoms with van der Waals surface area (Å²) in [5, 5.41) is 0. The van der Waals surface area contributed by atoms with Crippen molar-refractivity contribution in [3.8, 4) is 5.75 Å². The summed E-state index contributed by atoms with van der Waals surface area (Å²) < 4.78 is 38.3. The minimum atomic E-state index is -3.93. The molecule has 0 unspecified atom stereocenters. The summed E-state index contributed by atoms with van der Waals surface area (Å²) in [4.78, 5) is 11.7. The van der Waals surface area contributed by atoms with E-state index in [4.69, 9.17) is 4.74 Å². The first-order chi connectivity index (χ1) is 12.5. The molecular weight excluding hydrogens is 354 g/mol. The Balaban J connectivity index is 1.76. The fraction of sp³-hybridized carbons (Fsp3) is 0.316. The average Bonchev–Trinajstić information content (AvgIpc) is 3.15. The quantitative estimate of drug-likeness (QED) is 0.780. The van der Waals surface area contributed by atoms with Crippen LogP contribution in [0.3, 0.4) is 0 Å². The van der Waals surface area contributed by atoms with Crippen LogP contribution in [0.5, 0.6) is 5.75 Å². The van der Waals surface area contributed by atoms with Crippen molar-refractivity contribution in [1.82, 2.24) is 0 Å². The van der Waals surface area contributed by atoms with Gasteiger partial charge in [0.25, 0.3) is 10.0 Å². The molecule has 138 valence electrons. The molecule has 1 fully saturated rings. The van der Waals surface area contributed by atoms with E-state index in [-0.39, 0.29) is 16.6 Å². The normalized spacial score (nSPS) is 14.8. The summed E-state index contributed by atoms with van der Waals surface area (Å²) in [7, 11) is -2.72. The monoisotopic (exact) mass is 375 g/mol. The first-order valence-corrected chi connectivity index (χ1v) is 9.95. The highest BCUT2D eigenvalue weighted by Gasteiger charge is 2.23. The highest BCUT2D eigenvalue weighted by atomic mass is 32.2. The topological polar surface area (TPSA) is 81.7 Å². The Labute approximate surface area is 153 Å². The molecule has 0 radical (unpaired) electrons. The van der Waals surface area contributed by atoms with Crippen LogP contribution in [0.25, 0.3) is 0 Å². The zero-order valence-corrected chi connectivity index (χ0v) is 15.3. The van der Waals surface area contributed by atoms with Crippen molar-refractivity contribution in [2.45, 2.75) is 36.7 Å². The second-order valence-corrected chi connectivity index (χ2v) is 7.79. The van der Waals surface area contributed by atoms with Gasteiger partial charge in [0.15, 0.2) is 0 Å². The average molecular weight is 375 g/mol. The number of sulfonamides is 1. The Kier molecular flexibility index (Phi) is 5.46. The minimum absolute atomic E-state index is 0.0105. The summed E-state index contributed by atoms with van der Waals surface area (Å²) in [6, 6.07) is 12.7. The molecule has 6 nitrogen and oxygen atoms in total. The predicted octanol–water partition coefficient (Wildman–Crippen LogP) is 3.60. The molecule has 0 saturated heterocycles. The smallest absolute Gasteiger partial charge is 0.339 e. The van der Waals surface area contributed by atoms with Gasteiger partial charge in [-0.25, -0.2) is 13.2 Å². The van der Waals surface area contributed by atoms with Crippen LogP contribution < -0.4 is 9.46 Å². The maximum Gasteiger partial charge on any atom is 0.339 e. The van der Waals surface area contributed by atoms with E-state index in [1.807, 2.05) is 0 Å². The maximum atomic E-state index is 12.7. The second-order valence-electron chi connectivity index (χ2n) is 6.14. The summed E-state index contributed by atoms with van der Waals surface area (Å²) >= 11 is 0. The van der Waals surface area contributed by atoms with Crippen LogP contribution in [0.15, 0.2) is 53.4 Å². The SMILES string of the molecule is COC(=O)c1ccccc1S(=O)(=O)Nc1ccc(OC2CCCC2)cc1. The van der Waals surface area contributed by atoms with Gasteiger partial charge < -0.3 is 9.47 Å². The summed E-state index contributed by atoms with van der Waals surface area (Å²) in [5.41, 5.74) is 0.382. The molecule has 26 heavy (non-hydrogen) atoms. The minimum Gasteiger partial charge on any atom is -0.490 e. The number of anilines is 1. The van der Waals surface area contributed by atoms with Crippen LogP contribution in [0.2, 0.25) is 0 Å². The lowest BCUT2D eigenvalue weighted by Crippen LogP contribution is -2.17. The first kappa shape index (κ1) is 18.3. The van der Waals surface area contributed by atoms with Gasteiger partial charge in [0.2, 0.25) is 0 Å². The Hall–Kier alpha value is -2.54. The molecule has 1 aliphatic rings. The van der Waals surface area contributed by atoms with Gasteiger partial charge >= 0.3 is 5.97 Å². The van der Waals surface area contributed by atoms with Gasteiger partial charge in [-0.1, -0.05) is 12.1 Å². The molecule has 0 amide bonds. The van der Waals surface area contributed by atoms with E-state index in [2.05, 4.69) is 9.46 Å². The molecule has 1 N–H and O–H groups in total. The highest BCUT2D eigenvalue weighted by molar-refractivity contribution is 7.92. The number of nitrogens with one attached hydrogen (secondary N) is 1. The number of carbonyl (C=O) groups excluding carboxylic acids is 1. The van der Waals surface area contributed by atoms with Gasteiger partial charge in [-0.15, -0.1) is 0 Å². The van der Waals surface area contributed by atoms with Crippen LogP contribution in [0, 0.1) is 0 Å². The zero-order chi connectivity index (χ0) is 18.6. The largest absolute Gasteiger partial charge is 0.490 e. The number of hydrogen-bond donors (Lipinski definition) is 1. The third-order valence-corrected chi connectivity index (χ3v) is 5.73. The Bertz CT molecular complexity index is 871. The van der Waals surface area contributed by atoms with E-state index >= 15 is 0 Å². The van der Waals surface area contributed by atoms with Gasteiger partial charge in [-0.05, 0) is 62.1 Å². The molecule has 7 heteroatoms. The summed E-state index contributed by atoms with van der Waals surface area (Å²) in [6.07, 6.45) is 4.71. The van der Waals surface area contributed by atoms with Crippen molar-refractivity contribution >= 4 is 21.7 Å².